The lowest BCUT2D eigenvalue weighted by Crippen LogP contribution is -2.25. The molecule has 1 rings (SSSR count). The van der Waals surface area contributed by atoms with E-state index in [-0.39, 0.29) is 0 Å². The highest BCUT2D eigenvalue weighted by atomic mass is 15.1. The van der Waals surface area contributed by atoms with Crippen molar-refractivity contribution in [3.63, 3.8) is 0 Å². The monoisotopic (exact) mass is 248 g/mol. The maximum atomic E-state index is 2.47. The number of hydrogen-bond acceptors (Lipinski definition) is 2. The summed E-state index contributed by atoms with van der Waals surface area (Å²) in [5.41, 5.74) is 2.96. The minimum Gasteiger partial charge on any atom is -0.300 e. The SMILES string of the molecule is CCN(CC)Cc1ccccc1CN(CC)CC. The van der Waals surface area contributed by atoms with Gasteiger partial charge in [0, 0.05) is 13.1 Å². The second kappa shape index (κ2) is 8.28. The van der Waals surface area contributed by atoms with Crippen molar-refractivity contribution in [2.24, 2.45) is 0 Å². The van der Waals surface area contributed by atoms with E-state index in [9.17, 15) is 0 Å². The molecule has 2 heteroatoms. The molecule has 0 spiro atoms. The third kappa shape index (κ3) is 4.43. The van der Waals surface area contributed by atoms with Crippen LogP contribution >= 0.6 is 0 Å². The van der Waals surface area contributed by atoms with Gasteiger partial charge in [-0.3, -0.25) is 9.80 Å². The van der Waals surface area contributed by atoms with Gasteiger partial charge in [-0.15, -0.1) is 0 Å². The Morgan fingerprint density at radius 3 is 1.28 bits per heavy atom. The second-order valence-electron chi connectivity index (χ2n) is 4.69. The van der Waals surface area contributed by atoms with Crippen LogP contribution in [0.3, 0.4) is 0 Å². The van der Waals surface area contributed by atoms with E-state index in [0.717, 1.165) is 39.3 Å². The summed E-state index contributed by atoms with van der Waals surface area (Å²) in [6.45, 7) is 15.6. The normalized spacial score (nSPS) is 11.4. The predicted octanol–water partition coefficient (Wildman–Crippen LogP) is 3.37. The van der Waals surface area contributed by atoms with E-state index in [2.05, 4.69) is 61.8 Å². The number of hydrogen-bond donors (Lipinski definition) is 0. The Morgan fingerprint density at radius 2 is 1.00 bits per heavy atom. The van der Waals surface area contributed by atoms with Crippen molar-refractivity contribution in [2.75, 3.05) is 26.2 Å². The first-order valence-electron chi connectivity index (χ1n) is 7.26. The van der Waals surface area contributed by atoms with Crippen LogP contribution in [-0.2, 0) is 13.1 Å². The zero-order chi connectivity index (χ0) is 13.4. The zero-order valence-electron chi connectivity index (χ0n) is 12.4. The molecule has 0 amide bonds. The van der Waals surface area contributed by atoms with Crippen LogP contribution in [0, 0.1) is 0 Å². The first kappa shape index (κ1) is 15.2. The Balaban J connectivity index is 2.78. The molecule has 0 N–H and O–H groups in total. The lowest BCUT2D eigenvalue weighted by molar-refractivity contribution is 0.280. The van der Waals surface area contributed by atoms with Crippen LogP contribution in [0.25, 0.3) is 0 Å². The molecule has 1 aromatic carbocycles. The van der Waals surface area contributed by atoms with Crippen LogP contribution in [0.1, 0.15) is 38.8 Å². The van der Waals surface area contributed by atoms with Crippen molar-refractivity contribution in [3.05, 3.63) is 35.4 Å². The topological polar surface area (TPSA) is 6.48 Å². The van der Waals surface area contributed by atoms with Crippen molar-refractivity contribution in [1.29, 1.82) is 0 Å². The van der Waals surface area contributed by atoms with Crippen LogP contribution in [0.4, 0.5) is 0 Å². The van der Waals surface area contributed by atoms with Crippen molar-refractivity contribution >= 4 is 0 Å². The summed E-state index contributed by atoms with van der Waals surface area (Å²) in [5.74, 6) is 0. The number of benzene rings is 1. The molecule has 0 atom stereocenters. The fraction of sp³-hybridized carbons (Fsp3) is 0.625. The van der Waals surface area contributed by atoms with Crippen molar-refractivity contribution in [3.8, 4) is 0 Å². The van der Waals surface area contributed by atoms with Crippen LogP contribution in [0.15, 0.2) is 24.3 Å². The smallest absolute Gasteiger partial charge is 0.0236 e. The first-order valence-corrected chi connectivity index (χ1v) is 7.26. The highest BCUT2D eigenvalue weighted by molar-refractivity contribution is 5.27. The number of nitrogens with zero attached hydrogens (tertiary/aromatic N) is 2. The molecule has 1 aromatic rings. The van der Waals surface area contributed by atoms with E-state index in [0.29, 0.717) is 0 Å². The largest absolute Gasteiger partial charge is 0.300 e. The van der Waals surface area contributed by atoms with Crippen LogP contribution in [-0.4, -0.2) is 36.0 Å². The van der Waals surface area contributed by atoms with Gasteiger partial charge in [-0.25, -0.2) is 0 Å². The average Bonchev–Trinajstić information content (AvgIpc) is 2.43. The fourth-order valence-electron chi connectivity index (χ4n) is 2.24. The predicted molar refractivity (Wildman–Crippen MR) is 79.7 cm³/mol. The molecule has 18 heavy (non-hydrogen) atoms. The average molecular weight is 248 g/mol. The van der Waals surface area contributed by atoms with Gasteiger partial charge in [0.05, 0.1) is 0 Å². The molecule has 0 aliphatic carbocycles. The standard InChI is InChI=1S/C16H28N2/c1-5-17(6-2)13-15-11-9-10-12-16(15)14-18(7-3)8-4/h9-12H,5-8,13-14H2,1-4H3. The molecule has 0 radical (unpaired) electrons. The molecule has 0 fully saturated rings. The minimum absolute atomic E-state index is 1.07. The van der Waals surface area contributed by atoms with E-state index in [1.165, 1.54) is 11.1 Å². The molecule has 0 aliphatic rings. The highest BCUT2D eigenvalue weighted by Gasteiger charge is 2.08. The molecular weight excluding hydrogens is 220 g/mol. The maximum Gasteiger partial charge on any atom is 0.0236 e. The van der Waals surface area contributed by atoms with Crippen LogP contribution in [0.2, 0.25) is 0 Å². The summed E-state index contributed by atoms with van der Waals surface area (Å²) in [5, 5.41) is 0. The summed E-state index contributed by atoms with van der Waals surface area (Å²) in [7, 11) is 0. The van der Waals surface area contributed by atoms with Gasteiger partial charge in [0.2, 0.25) is 0 Å². The van der Waals surface area contributed by atoms with Crippen molar-refractivity contribution < 1.29 is 0 Å². The quantitative estimate of drug-likeness (QED) is 0.696. The van der Waals surface area contributed by atoms with Gasteiger partial charge in [0.25, 0.3) is 0 Å². The zero-order valence-corrected chi connectivity index (χ0v) is 12.4. The highest BCUT2D eigenvalue weighted by Crippen LogP contribution is 2.14. The van der Waals surface area contributed by atoms with E-state index in [1.807, 2.05) is 0 Å². The summed E-state index contributed by atoms with van der Waals surface area (Å²) < 4.78 is 0. The maximum absolute atomic E-state index is 2.47. The van der Waals surface area contributed by atoms with Gasteiger partial charge >= 0.3 is 0 Å². The Morgan fingerprint density at radius 1 is 0.667 bits per heavy atom. The molecule has 0 heterocycles. The molecule has 0 saturated carbocycles. The van der Waals surface area contributed by atoms with Crippen molar-refractivity contribution in [1.82, 2.24) is 9.80 Å². The van der Waals surface area contributed by atoms with E-state index in [1.54, 1.807) is 0 Å². The molecule has 0 unspecified atom stereocenters. The van der Waals surface area contributed by atoms with Gasteiger partial charge < -0.3 is 0 Å². The summed E-state index contributed by atoms with van der Waals surface area (Å²) >= 11 is 0. The molecule has 0 aliphatic heterocycles. The van der Waals surface area contributed by atoms with Crippen LogP contribution in [0.5, 0.6) is 0 Å². The lowest BCUT2D eigenvalue weighted by Gasteiger charge is -2.23. The summed E-state index contributed by atoms with van der Waals surface area (Å²) in [6.07, 6.45) is 0. The van der Waals surface area contributed by atoms with Gasteiger partial charge in [0.1, 0.15) is 0 Å². The molecule has 2 nitrogen and oxygen atoms in total. The summed E-state index contributed by atoms with van der Waals surface area (Å²) in [6, 6.07) is 8.86. The number of rotatable bonds is 8. The Kier molecular flexibility index (Phi) is 6.99. The van der Waals surface area contributed by atoms with E-state index < -0.39 is 0 Å². The molecule has 102 valence electrons. The van der Waals surface area contributed by atoms with Crippen LogP contribution < -0.4 is 0 Å². The molecule has 0 bridgehead atoms. The lowest BCUT2D eigenvalue weighted by atomic mass is 10.1. The minimum atomic E-state index is 1.07. The molecule has 0 aromatic heterocycles. The Bertz CT molecular complexity index is 295. The van der Waals surface area contributed by atoms with Gasteiger partial charge in [-0.2, -0.15) is 0 Å². The van der Waals surface area contributed by atoms with Gasteiger partial charge in [-0.1, -0.05) is 52.0 Å². The van der Waals surface area contributed by atoms with Gasteiger partial charge in [0.15, 0.2) is 0 Å². The first-order chi connectivity index (χ1) is 8.74. The van der Waals surface area contributed by atoms with Crippen molar-refractivity contribution in [2.45, 2.75) is 40.8 Å². The van der Waals surface area contributed by atoms with E-state index in [4.69, 9.17) is 0 Å². The molecular formula is C16H28N2. The molecule has 0 saturated heterocycles. The summed E-state index contributed by atoms with van der Waals surface area (Å²) in [4.78, 5) is 4.95. The fourth-order valence-corrected chi connectivity index (χ4v) is 2.24. The van der Waals surface area contributed by atoms with E-state index >= 15 is 0 Å². The second-order valence-corrected chi connectivity index (χ2v) is 4.69. The Labute approximate surface area is 113 Å². The van der Waals surface area contributed by atoms with Gasteiger partial charge in [-0.05, 0) is 37.3 Å². The third-order valence-electron chi connectivity index (χ3n) is 3.70. The Hall–Kier alpha value is -0.860. The third-order valence-corrected chi connectivity index (χ3v) is 3.70.